The highest BCUT2D eigenvalue weighted by atomic mass is 35.5. The molecule has 0 spiro atoms. The van der Waals surface area contributed by atoms with E-state index in [4.69, 9.17) is 11.6 Å². The van der Waals surface area contributed by atoms with E-state index in [-0.39, 0.29) is 6.61 Å². The van der Waals surface area contributed by atoms with Gasteiger partial charge in [0.1, 0.15) is 0 Å². The molecule has 0 unspecified atom stereocenters. The number of rotatable bonds is 4. The van der Waals surface area contributed by atoms with E-state index in [9.17, 15) is 5.11 Å². The van der Waals surface area contributed by atoms with E-state index in [0.717, 1.165) is 67.4 Å². The lowest BCUT2D eigenvalue weighted by Gasteiger charge is -2.41. The number of hydrogen-bond donors (Lipinski definition) is 1. The first kappa shape index (κ1) is 18.5. The number of hydrogen-bond acceptors (Lipinski definition) is 7. The smallest absolute Gasteiger partial charge is 0.225 e. The molecule has 1 N–H and O–H groups in total. The van der Waals surface area contributed by atoms with Gasteiger partial charge in [0.05, 0.1) is 16.2 Å². The highest BCUT2D eigenvalue weighted by Gasteiger charge is 2.34. The Balaban J connectivity index is 1.31. The third kappa shape index (κ3) is 3.49. The van der Waals surface area contributed by atoms with Crippen molar-refractivity contribution in [2.24, 2.45) is 5.92 Å². The van der Waals surface area contributed by atoms with Gasteiger partial charge in [0, 0.05) is 62.7 Å². The standard InChI is InChI=1S/C21H23ClN6O/c22-17-2-1-3-18-16(17)10-25-21(26-18)28-11-15(12-28)19-20(24-7-6-23-19)27-8-4-14(13-29)5-9-27/h1-3,6-7,10,14-15,29H,4-5,8-9,11-13H2. The molecule has 0 atom stereocenters. The zero-order valence-electron chi connectivity index (χ0n) is 16.1. The molecule has 0 aliphatic carbocycles. The Bertz CT molecular complexity index is 1020. The molecule has 0 amide bonds. The van der Waals surface area contributed by atoms with Crippen molar-refractivity contribution in [3.05, 3.63) is 47.5 Å². The monoisotopic (exact) mass is 410 g/mol. The topological polar surface area (TPSA) is 78.3 Å². The van der Waals surface area contributed by atoms with Crippen LogP contribution in [-0.2, 0) is 0 Å². The van der Waals surface area contributed by atoms with Gasteiger partial charge in [0.2, 0.25) is 5.95 Å². The fourth-order valence-corrected chi connectivity index (χ4v) is 4.40. The molecule has 3 aromatic rings. The zero-order valence-corrected chi connectivity index (χ0v) is 16.8. The van der Waals surface area contributed by atoms with E-state index in [1.54, 1.807) is 18.6 Å². The van der Waals surface area contributed by atoms with Gasteiger partial charge in [-0.2, -0.15) is 0 Å². The Morgan fingerprint density at radius 2 is 1.83 bits per heavy atom. The molecule has 150 valence electrons. The number of halogens is 1. The van der Waals surface area contributed by atoms with E-state index in [2.05, 4.69) is 29.7 Å². The first-order valence-corrected chi connectivity index (χ1v) is 10.4. The van der Waals surface area contributed by atoms with Gasteiger partial charge < -0.3 is 14.9 Å². The van der Waals surface area contributed by atoms with Gasteiger partial charge >= 0.3 is 0 Å². The number of benzene rings is 1. The van der Waals surface area contributed by atoms with Gasteiger partial charge in [0.15, 0.2) is 5.82 Å². The Morgan fingerprint density at radius 3 is 2.62 bits per heavy atom. The first-order valence-electron chi connectivity index (χ1n) is 10.1. The van der Waals surface area contributed by atoms with Crippen molar-refractivity contribution in [2.45, 2.75) is 18.8 Å². The van der Waals surface area contributed by atoms with Gasteiger partial charge in [0.25, 0.3) is 0 Å². The van der Waals surface area contributed by atoms with E-state index in [1.165, 1.54) is 0 Å². The van der Waals surface area contributed by atoms with E-state index in [1.807, 2.05) is 18.2 Å². The lowest BCUT2D eigenvalue weighted by Crippen LogP contribution is -2.47. The van der Waals surface area contributed by atoms with Crippen LogP contribution in [0.1, 0.15) is 24.5 Å². The molecule has 4 heterocycles. The summed E-state index contributed by atoms with van der Waals surface area (Å²) >= 11 is 6.22. The van der Waals surface area contributed by atoms with Crippen LogP contribution in [0.2, 0.25) is 5.02 Å². The summed E-state index contributed by atoms with van der Waals surface area (Å²) in [6.07, 6.45) is 7.33. The predicted molar refractivity (Wildman–Crippen MR) is 114 cm³/mol. The number of aliphatic hydroxyl groups is 1. The van der Waals surface area contributed by atoms with Crippen molar-refractivity contribution >= 4 is 34.3 Å². The van der Waals surface area contributed by atoms with E-state index >= 15 is 0 Å². The molecular formula is C21H23ClN6O. The van der Waals surface area contributed by atoms with Crippen LogP contribution in [0.15, 0.2) is 36.8 Å². The third-order valence-electron chi connectivity index (χ3n) is 5.99. The van der Waals surface area contributed by atoms with Crippen LogP contribution in [0.3, 0.4) is 0 Å². The van der Waals surface area contributed by atoms with Crippen molar-refractivity contribution in [3.63, 3.8) is 0 Å². The largest absolute Gasteiger partial charge is 0.396 e. The van der Waals surface area contributed by atoms with Crippen molar-refractivity contribution in [1.29, 1.82) is 0 Å². The summed E-state index contributed by atoms with van der Waals surface area (Å²) in [5.74, 6) is 2.43. The number of aliphatic hydroxyl groups excluding tert-OH is 1. The molecule has 2 aromatic heterocycles. The molecular weight excluding hydrogens is 388 g/mol. The summed E-state index contributed by atoms with van der Waals surface area (Å²) in [5, 5.41) is 10.9. The highest BCUT2D eigenvalue weighted by Crippen LogP contribution is 2.35. The van der Waals surface area contributed by atoms with Gasteiger partial charge in [-0.15, -0.1) is 0 Å². The third-order valence-corrected chi connectivity index (χ3v) is 6.32. The molecule has 0 radical (unpaired) electrons. The summed E-state index contributed by atoms with van der Waals surface area (Å²) < 4.78 is 0. The summed E-state index contributed by atoms with van der Waals surface area (Å²) in [5.41, 5.74) is 1.91. The highest BCUT2D eigenvalue weighted by molar-refractivity contribution is 6.35. The summed E-state index contributed by atoms with van der Waals surface area (Å²) in [4.78, 5) is 23.0. The molecule has 2 saturated heterocycles. The molecule has 7 nitrogen and oxygen atoms in total. The predicted octanol–water partition coefficient (Wildman–Crippen LogP) is 2.89. The van der Waals surface area contributed by atoms with Crippen molar-refractivity contribution in [3.8, 4) is 0 Å². The molecule has 8 heteroatoms. The second kappa shape index (κ2) is 7.72. The lowest BCUT2D eigenvalue weighted by atomic mass is 9.94. The molecule has 2 aliphatic rings. The van der Waals surface area contributed by atoms with Gasteiger partial charge in [-0.1, -0.05) is 17.7 Å². The van der Waals surface area contributed by atoms with Crippen LogP contribution in [0.5, 0.6) is 0 Å². The molecule has 5 rings (SSSR count). The average molecular weight is 411 g/mol. The number of aromatic nitrogens is 4. The molecule has 2 fully saturated rings. The van der Waals surface area contributed by atoms with Crippen LogP contribution in [0.4, 0.5) is 11.8 Å². The van der Waals surface area contributed by atoms with Gasteiger partial charge in [-0.05, 0) is 30.9 Å². The minimum atomic E-state index is 0.274. The number of fused-ring (bicyclic) bond motifs is 1. The quantitative estimate of drug-likeness (QED) is 0.708. The minimum Gasteiger partial charge on any atom is -0.396 e. The maximum absolute atomic E-state index is 9.39. The second-order valence-corrected chi connectivity index (χ2v) is 8.23. The second-order valence-electron chi connectivity index (χ2n) is 7.82. The van der Waals surface area contributed by atoms with Crippen LogP contribution in [-0.4, -0.2) is 57.8 Å². The Hall–Kier alpha value is -2.51. The van der Waals surface area contributed by atoms with Crippen molar-refractivity contribution in [1.82, 2.24) is 19.9 Å². The molecule has 0 saturated carbocycles. The summed E-state index contributed by atoms with van der Waals surface area (Å²) in [6.45, 7) is 3.76. The SMILES string of the molecule is OCC1CCN(c2nccnc2C2CN(c3ncc4c(Cl)cccc4n3)C2)CC1. The van der Waals surface area contributed by atoms with Gasteiger partial charge in [-0.3, -0.25) is 4.98 Å². The molecule has 2 aliphatic heterocycles. The van der Waals surface area contributed by atoms with Gasteiger partial charge in [-0.25, -0.2) is 15.0 Å². The molecule has 0 bridgehead atoms. The fraction of sp³-hybridized carbons (Fsp3) is 0.429. The average Bonchev–Trinajstić information content (AvgIpc) is 2.73. The molecule has 1 aromatic carbocycles. The van der Waals surface area contributed by atoms with Crippen LogP contribution in [0, 0.1) is 5.92 Å². The Labute approximate surface area is 174 Å². The number of piperidine rings is 1. The Kier molecular flexibility index (Phi) is 4.93. The number of anilines is 2. The fourth-order valence-electron chi connectivity index (χ4n) is 4.18. The van der Waals surface area contributed by atoms with E-state index < -0.39 is 0 Å². The maximum atomic E-state index is 9.39. The first-order chi connectivity index (χ1) is 14.2. The van der Waals surface area contributed by atoms with Crippen LogP contribution in [0.25, 0.3) is 10.9 Å². The summed E-state index contributed by atoms with van der Waals surface area (Å²) in [6, 6.07) is 5.72. The zero-order chi connectivity index (χ0) is 19.8. The van der Waals surface area contributed by atoms with Crippen molar-refractivity contribution < 1.29 is 5.11 Å². The number of nitrogens with zero attached hydrogens (tertiary/aromatic N) is 6. The Morgan fingerprint density at radius 1 is 1.03 bits per heavy atom. The van der Waals surface area contributed by atoms with E-state index in [0.29, 0.717) is 16.9 Å². The lowest BCUT2D eigenvalue weighted by molar-refractivity contribution is 0.202. The van der Waals surface area contributed by atoms with Crippen LogP contribution >= 0.6 is 11.6 Å². The summed E-state index contributed by atoms with van der Waals surface area (Å²) in [7, 11) is 0. The molecule has 29 heavy (non-hydrogen) atoms. The maximum Gasteiger partial charge on any atom is 0.225 e. The van der Waals surface area contributed by atoms with Crippen LogP contribution < -0.4 is 9.80 Å². The normalized spacial score (nSPS) is 18.3. The van der Waals surface area contributed by atoms with Crippen molar-refractivity contribution in [2.75, 3.05) is 42.6 Å². The minimum absolute atomic E-state index is 0.274.